The first-order valence-electron chi connectivity index (χ1n) is 6.08. The number of aryl methyl sites for hydroxylation is 1. The maximum Gasteiger partial charge on any atom is 0.120 e. The number of rotatable bonds is 5. The zero-order valence-electron chi connectivity index (χ0n) is 10.8. The fraction of sp³-hybridized carbons (Fsp3) is 0.357. The normalized spacial score (nSPS) is 12.4. The van der Waals surface area contributed by atoms with Crippen molar-refractivity contribution >= 4 is 0 Å². The van der Waals surface area contributed by atoms with Crippen LogP contribution in [0.5, 0.6) is 5.75 Å². The van der Waals surface area contributed by atoms with Gasteiger partial charge < -0.3 is 10.5 Å². The van der Waals surface area contributed by atoms with E-state index in [1.165, 1.54) is 5.56 Å². The quantitative estimate of drug-likeness (QED) is 0.875. The van der Waals surface area contributed by atoms with Crippen LogP contribution in [0.3, 0.4) is 0 Å². The van der Waals surface area contributed by atoms with Crippen molar-refractivity contribution in [2.45, 2.75) is 26.0 Å². The van der Waals surface area contributed by atoms with E-state index in [1.807, 2.05) is 44.6 Å². The van der Waals surface area contributed by atoms with E-state index in [1.54, 1.807) is 4.68 Å². The Hall–Kier alpha value is -1.81. The van der Waals surface area contributed by atoms with Crippen molar-refractivity contribution < 1.29 is 4.74 Å². The lowest BCUT2D eigenvalue weighted by Crippen LogP contribution is -2.17. The van der Waals surface area contributed by atoms with Crippen molar-refractivity contribution in [2.75, 3.05) is 0 Å². The predicted octanol–water partition coefficient (Wildman–Crippen LogP) is 1.89. The Bertz CT molecular complexity index is 505. The molecule has 0 radical (unpaired) electrons. The van der Waals surface area contributed by atoms with E-state index in [-0.39, 0.29) is 6.04 Å². The molecule has 0 aliphatic heterocycles. The van der Waals surface area contributed by atoms with E-state index in [9.17, 15) is 0 Å². The summed E-state index contributed by atoms with van der Waals surface area (Å²) in [5.41, 5.74) is 8.06. The number of hydrogen-bond donors (Lipinski definition) is 1. The summed E-state index contributed by atoms with van der Waals surface area (Å²) in [5.74, 6) is 0.872. The molecular weight excluding hydrogens is 226 g/mol. The fourth-order valence-electron chi connectivity index (χ4n) is 1.85. The highest BCUT2D eigenvalue weighted by atomic mass is 16.5. The first kappa shape index (κ1) is 12.6. The number of hydrogen-bond acceptors (Lipinski definition) is 3. The van der Waals surface area contributed by atoms with Crippen molar-refractivity contribution in [1.82, 2.24) is 9.78 Å². The number of nitrogens with zero attached hydrogens (tertiary/aromatic N) is 2. The van der Waals surface area contributed by atoms with Gasteiger partial charge in [0.2, 0.25) is 0 Å². The molecular formula is C14H19N3O. The van der Waals surface area contributed by atoms with Gasteiger partial charge in [-0.3, -0.25) is 4.68 Å². The second-order valence-corrected chi connectivity index (χ2v) is 4.64. The van der Waals surface area contributed by atoms with E-state index < -0.39 is 0 Å². The summed E-state index contributed by atoms with van der Waals surface area (Å²) < 4.78 is 7.50. The van der Waals surface area contributed by atoms with Crippen LogP contribution in [0, 0.1) is 0 Å². The Morgan fingerprint density at radius 3 is 2.89 bits per heavy atom. The van der Waals surface area contributed by atoms with Gasteiger partial charge in [-0.1, -0.05) is 12.1 Å². The van der Waals surface area contributed by atoms with E-state index in [0.29, 0.717) is 6.61 Å². The summed E-state index contributed by atoms with van der Waals surface area (Å²) in [6.45, 7) is 2.54. The van der Waals surface area contributed by atoms with Gasteiger partial charge in [0.05, 0.1) is 6.20 Å². The highest BCUT2D eigenvalue weighted by Crippen LogP contribution is 2.16. The van der Waals surface area contributed by atoms with Crippen LogP contribution >= 0.6 is 0 Å². The van der Waals surface area contributed by atoms with Crippen LogP contribution in [0.1, 0.15) is 18.1 Å². The largest absolute Gasteiger partial charge is 0.489 e. The van der Waals surface area contributed by atoms with Gasteiger partial charge in [0.25, 0.3) is 0 Å². The van der Waals surface area contributed by atoms with Gasteiger partial charge in [-0.15, -0.1) is 0 Å². The lowest BCUT2D eigenvalue weighted by atomic mass is 10.1. The molecule has 18 heavy (non-hydrogen) atoms. The maximum atomic E-state index is 5.79. The third-order valence-corrected chi connectivity index (χ3v) is 2.62. The predicted molar refractivity (Wildman–Crippen MR) is 71.3 cm³/mol. The number of aromatic nitrogens is 2. The molecule has 4 nitrogen and oxygen atoms in total. The first-order chi connectivity index (χ1) is 8.63. The minimum Gasteiger partial charge on any atom is -0.489 e. The van der Waals surface area contributed by atoms with Crippen molar-refractivity contribution in [2.24, 2.45) is 12.8 Å². The van der Waals surface area contributed by atoms with Crippen molar-refractivity contribution in [3.05, 3.63) is 47.8 Å². The smallest absolute Gasteiger partial charge is 0.120 e. The first-order valence-corrected chi connectivity index (χ1v) is 6.08. The molecule has 1 aromatic heterocycles. The number of benzene rings is 1. The molecule has 1 unspecified atom stereocenters. The molecule has 0 aliphatic carbocycles. The van der Waals surface area contributed by atoms with Gasteiger partial charge in [0.1, 0.15) is 12.4 Å². The van der Waals surface area contributed by atoms with Gasteiger partial charge in [-0.2, -0.15) is 5.10 Å². The summed E-state index contributed by atoms with van der Waals surface area (Å²) in [6.07, 6.45) is 4.63. The molecule has 96 valence electrons. The maximum absolute atomic E-state index is 5.79. The highest BCUT2D eigenvalue weighted by molar-refractivity contribution is 5.29. The summed E-state index contributed by atoms with van der Waals surface area (Å²) in [6, 6.07) is 8.23. The molecule has 0 fully saturated rings. The molecule has 0 spiro atoms. The highest BCUT2D eigenvalue weighted by Gasteiger charge is 2.01. The molecule has 2 aromatic rings. The van der Waals surface area contributed by atoms with E-state index >= 15 is 0 Å². The summed E-state index contributed by atoms with van der Waals surface area (Å²) in [7, 11) is 1.90. The molecule has 1 aromatic carbocycles. The van der Waals surface area contributed by atoms with Crippen molar-refractivity contribution in [3.63, 3.8) is 0 Å². The Morgan fingerprint density at radius 2 is 2.22 bits per heavy atom. The van der Waals surface area contributed by atoms with E-state index in [4.69, 9.17) is 10.5 Å². The Morgan fingerprint density at radius 1 is 1.39 bits per heavy atom. The SMILES string of the molecule is CC(N)Cc1cccc(OCc2cnn(C)c2)c1. The average molecular weight is 245 g/mol. The third kappa shape index (κ3) is 3.60. The molecule has 1 heterocycles. The molecule has 0 aliphatic rings. The summed E-state index contributed by atoms with van der Waals surface area (Å²) >= 11 is 0. The molecule has 2 N–H and O–H groups in total. The Balaban J connectivity index is 1.96. The molecule has 0 bridgehead atoms. The third-order valence-electron chi connectivity index (χ3n) is 2.62. The molecule has 0 amide bonds. The second-order valence-electron chi connectivity index (χ2n) is 4.64. The lowest BCUT2D eigenvalue weighted by Gasteiger charge is -2.08. The van der Waals surface area contributed by atoms with Crippen LogP contribution in [0.15, 0.2) is 36.7 Å². The van der Waals surface area contributed by atoms with Crippen molar-refractivity contribution in [3.8, 4) is 5.75 Å². The van der Waals surface area contributed by atoms with Gasteiger partial charge in [-0.05, 0) is 31.0 Å². The van der Waals surface area contributed by atoms with E-state index in [2.05, 4.69) is 11.2 Å². The minimum absolute atomic E-state index is 0.165. The summed E-state index contributed by atoms with van der Waals surface area (Å²) in [5, 5.41) is 4.11. The van der Waals surface area contributed by atoms with E-state index in [0.717, 1.165) is 17.7 Å². The van der Waals surface area contributed by atoms with Crippen LogP contribution in [-0.4, -0.2) is 15.8 Å². The monoisotopic (exact) mass is 245 g/mol. The standard InChI is InChI=1S/C14H19N3O/c1-11(15)6-12-4-3-5-14(7-12)18-10-13-8-16-17(2)9-13/h3-5,7-9,11H,6,10,15H2,1-2H3. The molecule has 1 atom stereocenters. The molecule has 0 saturated carbocycles. The number of nitrogens with two attached hydrogens (primary N) is 1. The van der Waals surface area contributed by atoms with Gasteiger partial charge in [0, 0.05) is 24.8 Å². The molecule has 0 saturated heterocycles. The van der Waals surface area contributed by atoms with Gasteiger partial charge in [0.15, 0.2) is 0 Å². The van der Waals surface area contributed by atoms with Crippen LogP contribution < -0.4 is 10.5 Å². The molecule has 2 rings (SSSR count). The second kappa shape index (κ2) is 5.69. The zero-order chi connectivity index (χ0) is 13.0. The zero-order valence-corrected chi connectivity index (χ0v) is 10.8. The Labute approximate surface area is 107 Å². The fourth-order valence-corrected chi connectivity index (χ4v) is 1.85. The minimum atomic E-state index is 0.165. The Kier molecular flexibility index (Phi) is 3.99. The van der Waals surface area contributed by atoms with Gasteiger partial charge in [-0.25, -0.2) is 0 Å². The summed E-state index contributed by atoms with van der Waals surface area (Å²) in [4.78, 5) is 0. The van der Waals surface area contributed by atoms with Gasteiger partial charge >= 0.3 is 0 Å². The molecule has 4 heteroatoms. The number of ether oxygens (including phenoxy) is 1. The lowest BCUT2D eigenvalue weighted by molar-refractivity contribution is 0.306. The van der Waals surface area contributed by atoms with Crippen LogP contribution in [0.2, 0.25) is 0 Å². The van der Waals surface area contributed by atoms with Crippen LogP contribution in [0.4, 0.5) is 0 Å². The average Bonchev–Trinajstić information content (AvgIpc) is 2.72. The van der Waals surface area contributed by atoms with Crippen LogP contribution in [0.25, 0.3) is 0 Å². The van der Waals surface area contributed by atoms with Crippen molar-refractivity contribution in [1.29, 1.82) is 0 Å². The topological polar surface area (TPSA) is 53.1 Å². The van der Waals surface area contributed by atoms with Crippen LogP contribution in [-0.2, 0) is 20.1 Å².